The Labute approximate surface area is 213 Å². The molecule has 36 heavy (non-hydrogen) atoms. The molecular weight excluding hydrogens is 450 g/mol. The van der Waals surface area contributed by atoms with Crippen LogP contribution in [0, 0.1) is 18.8 Å². The van der Waals surface area contributed by atoms with Crippen LogP contribution in [0.15, 0.2) is 41.7 Å². The lowest BCUT2D eigenvalue weighted by molar-refractivity contribution is -0.125. The summed E-state index contributed by atoms with van der Waals surface area (Å²) < 4.78 is 7.34. The number of aromatic nitrogens is 3. The summed E-state index contributed by atoms with van der Waals surface area (Å²) in [7, 11) is 1.71. The molecule has 0 aliphatic carbocycles. The van der Waals surface area contributed by atoms with E-state index in [1.54, 1.807) is 7.11 Å². The maximum atomic E-state index is 13.8. The quantitative estimate of drug-likeness (QED) is 0.423. The van der Waals surface area contributed by atoms with Gasteiger partial charge in [-0.15, -0.1) is 0 Å². The zero-order valence-electron chi connectivity index (χ0n) is 21.9. The summed E-state index contributed by atoms with van der Waals surface area (Å²) in [5.74, 6) is 0.319. The first-order chi connectivity index (χ1) is 17.5. The number of ether oxygens (including phenoxy) is 1. The number of amides is 1. The van der Waals surface area contributed by atoms with Gasteiger partial charge in [0.05, 0.1) is 29.7 Å². The van der Waals surface area contributed by atoms with Crippen LogP contribution in [0.25, 0.3) is 11.1 Å². The summed E-state index contributed by atoms with van der Waals surface area (Å²) in [6.45, 7) is 9.56. The number of nitrogens with zero attached hydrogens (tertiary/aromatic N) is 5. The van der Waals surface area contributed by atoms with Crippen molar-refractivity contribution in [3.8, 4) is 11.1 Å². The zero-order chi connectivity index (χ0) is 25.4. The molecule has 188 valence electrons. The molecule has 3 aromatic rings. The number of piperidine rings is 1. The van der Waals surface area contributed by atoms with Gasteiger partial charge in [0.15, 0.2) is 0 Å². The van der Waals surface area contributed by atoms with Crippen LogP contribution in [0.4, 0.5) is 11.4 Å². The molecule has 0 radical (unpaired) electrons. The third-order valence-corrected chi connectivity index (χ3v) is 7.60. The molecule has 1 saturated heterocycles. The minimum Gasteiger partial charge on any atom is -0.380 e. The minimum atomic E-state index is -0.109. The second-order valence-corrected chi connectivity index (χ2v) is 9.78. The molecule has 3 atom stereocenters. The Morgan fingerprint density at radius 2 is 1.97 bits per heavy atom. The van der Waals surface area contributed by atoms with Crippen molar-refractivity contribution >= 4 is 23.5 Å². The molecule has 0 saturated carbocycles. The number of hydrogen-bond donors (Lipinski definition) is 0. The summed E-state index contributed by atoms with van der Waals surface area (Å²) in [4.78, 5) is 25.4. The van der Waals surface area contributed by atoms with Crippen molar-refractivity contribution in [2.24, 2.45) is 16.8 Å². The zero-order valence-corrected chi connectivity index (χ0v) is 21.9. The molecule has 1 amide bonds. The Morgan fingerprint density at radius 1 is 1.14 bits per heavy atom. The van der Waals surface area contributed by atoms with Gasteiger partial charge in [0, 0.05) is 60.9 Å². The number of pyridine rings is 1. The summed E-state index contributed by atoms with van der Waals surface area (Å²) >= 11 is 0. The van der Waals surface area contributed by atoms with Crippen molar-refractivity contribution in [3.05, 3.63) is 59.2 Å². The van der Waals surface area contributed by atoms with Crippen LogP contribution in [0.3, 0.4) is 0 Å². The van der Waals surface area contributed by atoms with E-state index in [9.17, 15) is 4.79 Å². The maximum Gasteiger partial charge on any atom is 0.230 e. The standard InChI is InChI=1S/C29H35N5O2/c1-6-19-11-22-15-31-26-10-9-20(21-12-23(17-36-5)25(7-2)30-14-21)13-24(26)28(22)34(29(19)35)27-16-33(8-3)32-18(27)4/h9-10,12-16,19,22,28H,6-8,11,17H2,1-5H3. The maximum absolute atomic E-state index is 13.8. The molecule has 2 aromatic heterocycles. The first-order valence-corrected chi connectivity index (χ1v) is 13.0. The summed E-state index contributed by atoms with van der Waals surface area (Å²) in [5.41, 5.74) is 8.06. The number of aryl methyl sites for hydroxylation is 3. The fourth-order valence-electron chi connectivity index (χ4n) is 5.67. The fraction of sp³-hybridized carbons (Fsp3) is 0.448. The number of hydrogen-bond acceptors (Lipinski definition) is 5. The summed E-state index contributed by atoms with van der Waals surface area (Å²) in [6.07, 6.45) is 8.51. The summed E-state index contributed by atoms with van der Waals surface area (Å²) in [5, 5.41) is 4.66. The van der Waals surface area contributed by atoms with Crippen molar-refractivity contribution in [1.29, 1.82) is 0 Å². The number of fused-ring (bicyclic) bond motifs is 3. The second kappa shape index (κ2) is 9.97. The first kappa shape index (κ1) is 24.4. The Balaban J connectivity index is 1.62. The molecule has 7 heteroatoms. The monoisotopic (exact) mass is 485 g/mol. The molecule has 1 fully saturated rings. The highest BCUT2D eigenvalue weighted by Crippen LogP contribution is 2.48. The van der Waals surface area contributed by atoms with E-state index < -0.39 is 0 Å². The van der Waals surface area contributed by atoms with Crippen LogP contribution < -0.4 is 4.90 Å². The van der Waals surface area contributed by atoms with Crippen LogP contribution in [0.1, 0.15) is 62.2 Å². The Bertz CT molecular complexity index is 1310. The normalized spacial score (nSPS) is 21.0. The van der Waals surface area contributed by atoms with Gasteiger partial charge in [0.1, 0.15) is 0 Å². The van der Waals surface area contributed by atoms with E-state index in [0.29, 0.717) is 6.61 Å². The predicted octanol–water partition coefficient (Wildman–Crippen LogP) is 5.82. The highest BCUT2D eigenvalue weighted by atomic mass is 16.5. The molecule has 7 nitrogen and oxygen atoms in total. The van der Waals surface area contributed by atoms with E-state index in [1.165, 1.54) is 0 Å². The molecule has 2 aliphatic heterocycles. The van der Waals surface area contributed by atoms with Gasteiger partial charge in [0.2, 0.25) is 5.91 Å². The van der Waals surface area contributed by atoms with Crippen LogP contribution in [0.2, 0.25) is 0 Å². The van der Waals surface area contributed by atoms with Gasteiger partial charge in [-0.2, -0.15) is 5.10 Å². The number of carbonyl (C=O) groups excluding carboxylic acids is 1. The second-order valence-electron chi connectivity index (χ2n) is 9.78. The van der Waals surface area contributed by atoms with E-state index in [0.717, 1.165) is 70.8 Å². The van der Waals surface area contributed by atoms with Crippen molar-refractivity contribution in [1.82, 2.24) is 14.8 Å². The Morgan fingerprint density at radius 3 is 2.67 bits per heavy atom. The van der Waals surface area contributed by atoms with Crippen molar-refractivity contribution in [2.75, 3.05) is 12.0 Å². The highest BCUT2D eigenvalue weighted by molar-refractivity contribution is 5.99. The van der Waals surface area contributed by atoms with Gasteiger partial charge in [-0.05, 0) is 62.4 Å². The van der Waals surface area contributed by atoms with Crippen LogP contribution in [0.5, 0.6) is 0 Å². The molecule has 0 N–H and O–H groups in total. The lowest BCUT2D eigenvalue weighted by Gasteiger charge is -2.44. The van der Waals surface area contributed by atoms with Gasteiger partial charge in [-0.1, -0.05) is 19.9 Å². The van der Waals surface area contributed by atoms with Crippen LogP contribution in [-0.2, 0) is 29.1 Å². The van der Waals surface area contributed by atoms with Gasteiger partial charge in [-0.25, -0.2) is 0 Å². The number of anilines is 1. The Kier molecular flexibility index (Phi) is 6.75. The van der Waals surface area contributed by atoms with Gasteiger partial charge in [0.25, 0.3) is 0 Å². The van der Waals surface area contributed by atoms with Crippen molar-refractivity contribution in [3.63, 3.8) is 0 Å². The van der Waals surface area contributed by atoms with Crippen molar-refractivity contribution in [2.45, 2.75) is 66.2 Å². The molecule has 0 bridgehead atoms. The first-order valence-electron chi connectivity index (χ1n) is 13.0. The SMILES string of the molecule is CCc1ncc(-c2ccc3c(c2)C2C(C=N3)CC(CC)C(=O)N2c2cn(CC)nc2C)cc1COC. The number of rotatable bonds is 7. The Hall–Kier alpha value is -3.32. The number of carbonyl (C=O) groups is 1. The third kappa shape index (κ3) is 4.15. The van der Waals surface area contributed by atoms with E-state index in [1.807, 2.05) is 28.9 Å². The fourth-order valence-corrected chi connectivity index (χ4v) is 5.67. The highest BCUT2D eigenvalue weighted by Gasteiger charge is 2.45. The predicted molar refractivity (Wildman–Crippen MR) is 143 cm³/mol. The lowest BCUT2D eigenvalue weighted by atomic mass is 9.76. The van der Waals surface area contributed by atoms with Gasteiger partial charge < -0.3 is 9.64 Å². The average molecular weight is 486 g/mol. The molecule has 2 aliphatic rings. The molecular formula is C29H35N5O2. The number of methoxy groups -OCH3 is 1. The average Bonchev–Trinajstić information content (AvgIpc) is 3.28. The minimum absolute atomic E-state index is 0.0193. The molecule has 5 rings (SSSR count). The van der Waals surface area contributed by atoms with Crippen LogP contribution >= 0.6 is 0 Å². The van der Waals surface area contributed by atoms with E-state index in [4.69, 9.17) is 14.7 Å². The molecule has 3 unspecified atom stereocenters. The molecule has 1 aromatic carbocycles. The molecule has 0 spiro atoms. The van der Waals surface area contributed by atoms with E-state index >= 15 is 0 Å². The summed E-state index contributed by atoms with van der Waals surface area (Å²) in [6, 6.07) is 8.43. The van der Waals surface area contributed by atoms with E-state index in [-0.39, 0.29) is 23.8 Å². The number of benzene rings is 1. The lowest BCUT2D eigenvalue weighted by Crippen LogP contribution is -2.49. The topological polar surface area (TPSA) is 72.6 Å². The van der Waals surface area contributed by atoms with Gasteiger partial charge >= 0.3 is 0 Å². The van der Waals surface area contributed by atoms with Gasteiger partial charge in [-0.3, -0.25) is 19.5 Å². The third-order valence-electron chi connectivity index (χ3n) is 7.60. The largest absolute Gasteiger partial charge is 0.380 e. The van der Waals surface area contributed by atoms with E-state index in [2.05, 4.69) is 56.3 Å². The van der Waals surface area contributed by atoms with Crippen molar-refractivity contribution < 1.29 is 9.53 Å². The number of aliphatic imine (C=N–C) groups is 1. The smallest absolute Gasteiger partial charge is 0.230 e. The van der Waals surface area contributed by atoms with Crippen LogP contribution in [-0.4, -0.2) is 34.0 Å². The molecule has 4 heterocycles.